The molecule has 0 radical (unpaired) electrons. The number of benzene rings is 2. The molecule has 6 heteroatoms. The molecule has 0 bridgehead atoms. The normalized spacial score (nSPS) is 10.7. The Morgan fingerprint density at radius 2 is 1.92 bits per heavy atom. The van der Waals surface area contributed by atoms with E-state index in [2.05, 4.69) is 5.32 Å². The number of hydrogen-bond acceptors (Lipinski definition) is 4. The van der Waals surface area contributed by atoms with E-state index in [1.807, 2.05) is 26.0 Å². The molecule has 0 aliphatic rings. The first kappa shape index (κ1) is 17.5. The number of carbonyl (C=O) groups is 2. The lowest BCUT2D eigenvalue weighted by atomic mass is 10.0. The van der Waals surface area contributed by atoms with Gasteiger partial charge in [0.2, 0.25) is 5.91 Å². The third-order valence-electron chi connectivity index (χ3n) is 4.12. The van der Waals surface area contributed by atoms with Crippen LogP contribution in [0.1, 0.15) is 16.7 Å². The molecule has 26 heavy (non-hydrogen) atoms. The van der Waals surface area contributed by atoms with Gasteiger partial charge in [-0.2, -0.15) is 0 Å². The molecule has 0 aliphatic heterocycles. The summed E-state index contributed by atoms with van der Waals surface area (Å²) in [5.74, 6) is -0.267. The number of carbonyl (C=O) groups excluding carboxylic acids is 2. The summed E-state index contributed by atoms with van der Waals surface area (Å²) in [6.07, 6.45) is 1.82. The van der Waals surface area contributed by atoms with Crippen LogP contribution in [0.5, 0.6) is 5.75 Å². The summed E-state index contributed by atoms with van der Waals surface area (Å²) in [6, 6.07) is 10.8. The van der Waals surface area contributed by atoms with Gasteiger partial charge in [0, 0.05) is 22.7 Å². The highest BCUT2D eigenvalue weighted by Gasteiger charge is 2.12. The fourth-order valence-corrected chi connectivity index (χ4v) is 2.67. The Hall–Kier alpha value is -3.28. The molecule has 3 aromatic rings. The molecule has 2 amide bonds. The Morgan fingerprint density at radius 3 is 2.69 bits per heavy atom. The maximum Gasteiger partial charge on any atom is 0.255 e. The summed E-state index contributed by atoms with van der Waals surface area (Å²) >= 11 is 0. The minimum atomic E-state index is -0.559. The van der Waals surface area contributed by atoms with Crippen LogP contribution in [0.3, 0.4) is 0 Å². The first-order chi connectivity index (χ1) is 12.4. The number of nitrogens with one attached hydrogen (secondary N) is 1. The Labute approximate surface area is 150 Å². The number of primary amides is 1. The summed E-state index contributed by atoms with van der Waals surface area (Å²) < 4.78 is 10.8. The van der Waals surface area contributed by atoms with E-state index < -0.39 is 5.91 Å². The summed E-state index contributed by atoms with van der Waals surface area (Å²) in [5, 5.41) is 3.77. The largest absolute Gasteiger partial charge is 0.484 e. The van der Waals surface area contributed by atoms with Gasteiger partial charge in [0.25, 0.3) is 5.91 Å². The number of amides is 2. The van der Waals surface area contributed by atoms with E-state index in [0.29, 0.717) is 11.4 Å². The molecule has 1 heterocycles. The zero-order valence-electron chi connectivity index (χ0n) is 14.7. The molecule has 0 atom stereocenters. The molecule has 1 aromatic heterocycles. The fourth-order valence-electron chi connectivity index (χ4n) is 2.67. The number of hydrogen-bond donors (Lipinski definition) is 2. The van der Waals surface area contributed by atoms with Crippen molar-refractivity contribution < 1.29 is 18.7 Å². The average molecular weight is 352 g/mol. The van der Waals surface area contributed by atoms with Crippen molar-refractivity contribution in [3.05, 3.63) is 59.4 Å². The van der Waals surface area contributed by atoms with Gasteiger partial charge >= 0.3 is 0 Å². The molecule has 0 spiro atoms. The maximum absolute atomic E-state index is 12.4. The standard InChI is InChI=1S/C20H20N2O4/c1-12-6-17-14(10-26-18(17)7-13(12)2)8-20(24)22-15-4-3-5-16(9-15)25-11-19(21)23/h3-7,9-10H,8,11H2,1-2H3,(H2,21,23)(H,22,24). The highest BCUT2D eigenvalue weighted by atomic mass is 16.5. The molecule has 0 saturated carbocycles. The molecule has 0 saturated heterocycles. The number of rotatable bonds is 6. The quantitative estimate of drug-likeness (QED) is 0.713. The van der Waals surface area contributed by atoms with Crippen molar-refractivity contribution in [2.24, 2.45) is 5.73 Å². The number of ether oxygens (including phenoxy) is 1. The van der Waals surface area contributed by atoms with Crippen molar-refractivity contribution in [2.75, 3.05) is 11.9 Å². The van der Waals surface area contributed by atoms with Gasteiger partial charge in [0.15, 0.2) is 6.61 Å². The van der Waals surface area contributed by atoms with Crippen LogP contribution in [-0.4, -0.2) is 18.4 Å². The number of aryl methyl sites for hydroxylation is 2. The lowest BCUT2D eigenvalue weighted by Crippen LogP contribution is -2.20. The monoisotopic (exact) mass is 352 g/mol. The van der Waals surface area contributed by atoms with Crippen LogP contribution in [0.2, 0.25) is 0 Å². The van der Waals surface area contributed by atoms with E-state index >= 15 is 0 Å². The van der Waals surface area contributed by atoms with Crippen LogP contribution in [0.25, 0.3) is 11.0 Å². The fraction of sp³-hybridized carbons (Fsp3) is 0.200. The topological polar surface area (TPSA) is 94.6 Å². The van der Waals surface area contributed by atoms with Gasteiger partial charge < -0.3 is 20.2 Å². The molecular formula is C20H20N2O4. The van der Waals surface area contributed by atoms with Crippen LogP contribution < -0.4 is 15.8 Å². The van der Waals surface area contributed by atoms with E-state index in [0.717, 1.165) is 27.7 Å². The molecule has 0 fully saturated rings. The Morgan fingerprint density at radius 1 is 1.15 bits per heavy atom. The molecule has 6 nitrogen and oxygen atoms in total. The highest BCUT2D eigenvalue weighted by molar-refractivity contribution is 5.95. The SMILES string of the molecule is Cc1cc2occ(CC(=O)Nc3cccc(OCC(N)=O)c3)c2cc1C. The second-order valence-electron chi connectivity index (χ2n) is 6.20. The lowest BCUT2D eigenvalue weighted by molar-refractivity contribution is -0.120. The van der Waals surface area contributed by atoms with E-state index in [9.17, 15) is 9.59 Å². The third kappa shape index (κ3) is 4.03. The Bertz CT molecular complexity index is 975. The van der Waals surface area contributed by atoms with Gasteiger partial charge in [-0.05, 0) is 49.2 Å². The average Bonchev–Trinajstić information content (AvgIpc) is 2.95. The maximum atomic E-state index is 12.4. The van der Waals surface area contributed by atoms with Crippen LogP contribution in [0.4, 0.5) is 5.69 Å². The lowest BCUT2D eigenvalue weighted by Gasteiger charge is -2.08. The van der Waals surface area contributed by atoms with Gasteiger partial charge in [-0.3, -0.25) is 9.59 Å². The molecule has 0 aliphatic carbocycles. The predicted octanol–water partition coefficient (Wildman–Crippen LogP) is 3.09. The highest BCUT2D eigenvalue weighted by Crippen LogP contribution is 2.25. The smallest absolute Gasteiger partial charge is 0.255 e. The van der Waals surface area contributed by atoms with Crippen LogP contribution in [0, 0.1) is 13.8 Å². The Balaban J connectivity index is 1.70. The zero-order chi connectivity index (χ0) is 18.7. The molecule has 3 rings (SSSR count). The van der Waals surface area contributed by atoms with Crippen molar-refractivity contribution in [1.29, 1.82) is 0 Å². The predicted molar refractivity (Wildman–Crippen MR) is 99.2 cm³/mol. The van der Waals surface area contributed by atoms with Gasteiger partial charge in [0.1, 0.15) is 11.3 Å². The van der Waals surface area contributed by atoms with Crippen molar-refractivity contribution in [3.63, 3.8) is 0 Å². The first-order valence-electron chi connectivity index (χ1n) is 8.20. The summed E-state index contributed by atoms with van der Waals surface area (Å²) in [6.45, 7) is 3.84. The van der Waals surface area contributed by atoms with Crippen LogP contribution in [-0.2, 0) is 16.0 Å². The van der Waals surface area contributed by atoms with Gasteiger partial charge in [-0.1, -0.05) is 6.07 Å². The summed E-state index contributed by atoms with van der Waals surface area (Å²) in [4.78, 5) is 23.2. The van der Waals surface area contributed by atoms with E-state index in [1.54, 1.807) is 30.5 Å². The second-order valence-corrected chi connectivity index (χ2v) is 6.20. The number of anilines is 1. The summed E-state index contributed by atoms with van der Waals surface area (Å²) in [7, 11) is 0. The van der Waals surface area contributed by atoms with Crippen molar-refractivity contribution in [3.8, 4) is 5.75 Å². The molecular weight excluding hydrogens is 332 g/mol. The Kier molecular flexibility index (Phi) is 4.93. The first-order valence-corrected chi connectivity index (χ1v) is 8.20. The van der Waals surface area contributed by atoms with Crippen molar-refractivity contribution >= 4 is 28.5 Å². The van der Waals surface area contributed by atoms with Gasteiger partial charge in [0.05, 0.1) is 12.7 Å². The van der Waals surface area contributed by atoms with E-state index in [-0.39, 0.29) is 18.9 Å². The molecule has 2 aromatic carbocycles. The minimum absolute atomic E-state index is 0.169. The number of furan rings is 1. The number of nitrogens with two attached hydrogens (primary N) is 1. The molecule has 0 unspecified atom stereocenters. The zero-order valence-corrected chi connectivity index (χ0v) is 14.7. The summed E-state index contributed by atoms with van der Waals surface area (Å²) in [5.41, 5.74) is 9.55. The number of fused-ring (bicyclic) bond motifs is 1. The molecule has 3 N–H and O–H groups in total. The molecule has 134 valence electrons. The van der Waals surface area contributed by atoms with Crippen LogP contribution in [0.15, 0.2) is 47.1 Å². The van der Waals surface area contributed by atoms with Crippen molar-refractivity contribution in [1.82, 2.24) is 0 Å². The van der Waals surface area contributed by atoms with Gasteiger partial charge in [-0.15, -0.1) is 0 Å². The van der Waals surface area contributed by atoms with E-state index in [4.69, 9.17) is 14.9 Å². The third-order valence-corrected chi connectivity index (χ3v) is 4.12. The van der Waals surface area contributed by atoms with Crippen molar-refractivity contribution in [2.45, 2.75) is 20.3 Å². The second kappa shape index (κ2) is 7.31. The minimum Gasteiger partial charge on any atom is -0.484 e. The van der Waals surface area contributed by atoms with Crippen LogP contribution >= 0.6 is 0 Å². The van der Waals surface area contributed by atoms with Gasteiger partial charge in [-0.25, -0.2) is 0 Å². The van der Waals surface area contributed by atoms with E-state index in [1.165, 1.54) is 0 Å².